The van der Waals surface area contributed by atoms with Crippen molar-refractivity contribution in [2.75, 3.05) is 0 Å². The quantitative estimate of drug-likeness (QED) is 0.606. The van der Waals surface area contributed by atoms with E-state index in [1.807, 2.05) is 0 Å². The van der Waals surface area contributed by atoms with Crippen LogP contribution in [0.2, 0.25) is 0 Å². The van der Waals surface area contributed by atoms with E-state index in [1.54, 1.807) is 19.3 Å². The standard InChI is InChI=1S/C7H8F2N2/c1-11-6(2-3-10-11)5-4-7(5,8)9/h2-3,5H,4H2,1H3/t5-/m1/s1. The van der Waals surface area contributed by atoms with Gasteiger partial charge in [0.1, 0.15) is 0 Å². The van der Waals surface area contributed by atoms with Gasteiger partial charge in [0.2, 0.25) is 0 Å². The average Bonchev–Trinajstić information content (AvgIpc) is 2.38. The minimum atomic E-state index is -2.48. The molecule has 0 spiro atoms. The first-order valence-corrected chi connectivity index (χ1v) is 3.47. The van der Waals surface area contributed by atoms with Crippen molar-refractivity contribution in [1.82, 2.24) is 9.78 Å². The van der Waals surface area contributed by atoms with E-state index in [1.165, 1.54) is 4.68 Å². The molecule has 2 nitrogen and oxygen atoms in total. The van der Waals surface area contributed by atoms with Gasteiger partial charge in [-0.05, 0) is 6.07 Å². The average molecular weight is 158 g/mol. The highest BCUT2D eigenvalue weighted by atomic mass is 19.3. The Bertz CT molecular complexity index is 280. The smallest absolute Gasteiger partial charge is 0.257 e. The fourth-order valence-electron chi connectivity index (χ4n) is 1.26. The van der Waals surface area contributed by atoms with Crippen LogP contribution in [0.1, 0.15) is 18.0 Å². The molecular formula is C7H8F2N2. The zero-order valence-electron chi connectivity index (χ0n) is 6.09. The molecule has 0 unspecified atom stereocenters. The highest BCUT2D eigenvalue weighted by Gasteiger charge is 2.58. The number of rotatable bonds is 1. The number of aryl methyl sites for hydroxylation is 1. The van der Waals surface area contributed by atoms with Crippen LogP contribution in [-0.2, 0) is 7.05 Å². The lowest BCUT2D eigenvalue weighted by molar-refractivity contribution is 0.111. The summed E-state index contributed by atoms with van der Waals surface area (Å²) in [6.07, 6.45) is 1.52. The first-order valence-electron chi connectivity index (χ1n) is 3.47. The van der Waals surface area contributed by atoms with E-state index in [0.717, 1.165) is 0 Å². The molecule has 1 aliphatic carbocycles. The monoisotopic (exact) mass is 158 g/mol. The summed E-state index contributed by atoms with van der Waals surface area (Å²) in [6, 6.07) is 1.64. The first kappa shape index (κ1) is 6.76. The van der Waals surface area contributed by atoms with Crippen molar-refractivity contribution < 1.29 is 8.78 Å². The molecule has 1 heterocycles. The lowest BCUT2D eigenvalue weighted by Gasteiger charge is -1.98. The van der Waals surface area contributed by atoms with E-state index in [0.29, 0.717) is 5.69 Å². The van der Waals surface area contributed by atoms with Gasteiger partial charge < -0.3 is 0 Å². The Morgan fingerprint density at radius 2 is 2.36 bits per heavy atom. The van der Waals surface area contributed by atoms with Gasteiger partial charge in [0.25, 0.3) is 5.92 Å². The summed E-state index contributed by atoms with van der Waals surface area (Å²) in [5.74, 6) is -3.07. The number of halogens is 2. The van der Waals surface area contributed by atoms with Crippen LogP contribution in [-0.4, -0.2) is 15.7 Å². The van der Waals surface area contributed by atoms with E-state index in [-0.39, 0.29) is 6.42 Å². The van der Waals surface area contributed by atoms with E-state index in [4.69, 9.17) is 0 Å². The predicted molar refractivity (Wildman–Crippen MR) is 35.5 cm³/mol. The van der Waals surface area contributed by atoms with Crippen LogP contribution in [0, 0.1) is 0 Å². The van der Waals surface area contributed by atoms with Gasteiger partial charge in [0.05, 0.1) is 5.92 Å². The van der Waals surface area contributed by atoms with Crippen LogP contribution >= 0.6 is 0 Å². The minimum absolute atomic E-state index is 0.0213. The molecule has 0 radical (unpaired) electrons. The predicted octanol–water partition coefficient (Wildman–Crippen LogP) is 1.54. The summed E-state index contributed by atoms with van der Waals surface area (Å²) in [6.45, 7) is 0. The second-order valence-electron chi connectivity index (χ2n) is 2.90. The number of hydrogen-bond acceptors (Lipinski definition) is 1. The lowest BCUT2D eigenvalue weighted by Crippen LogP contribution is -2.00. The van der Waals surface area contributed by atoms with Gasteiger partial charge in [-0.25, -0.2) is 8.78 Å². The third-order valence-electron chi connectivity index (χ3n) is 2.04. The molecule has 1 atom stereocenters. The Hall–Kier alpha value is -0.930. The molecule has 1 aliphatic rings. The molecule has 0 aliphatic heterocycles. The van der Waals surface area contributed by atoms with E-state index in [2.05, 4.69) is 5.10 Å². The van der Waals surface area contributed by atoms with Crippen molar-refractivity contribution in [1.29, 1.82) is 0 Å². The number of alkyl halides is 2. The fourth-order valence-corrected chi connectivity index (χ4v) is 1.26. The topological polar surface area (TPSA) is 17.8 Å². The number of aromatic nitrogens is 2. The molecule has 1 aromatic heterocycles. The van der Waals surface area contributed by atoms with Crippen LogP contribution in [0.4, 0.5) is 8.78 Å². The zero-order valence-corrected chi connectivity index (χ0v) is 6.09. The molecule has 0 aromatic carbocycles. The minimum Gasteiger partial charge on any atom is -0.272 e. The normalized spacial score (nSPS) is 27.0. The number of nitrogens with zero attached hydrogens (tertiary/aromatic N) is 2. The number of hydrogen-bond donors (Lipinski definition) is 0. The molecule has 1 fully saturated rings. The van der Waals surface area contributed by atoms with Crippen molar-refractivity contribution in [2.24, 2.45) is 7.05 Å². The Morgan fingerprint density at radius 3 is 2.73 bits per heavy atom. The molecule has 0 bridgehead atoms. The fraction of sp³-hybridized carbons (Fsp3) is 0.571. The molecule has 60 valence electrons. The second-order valence-corrected chi connectivity index (χ2v) is 2.90. The van der Waals surface area contributed by atoms with Crippen LogP contribution in [0.15, 0.2) is 12.3 Å². The molecule has 1 saturated carbocycles. The maximum atomic E-state index is 12.5. The molecule has 4 heteroatoms. The molecule has 11 heavy (non-hydrogen) atoms. The largest absolute Gasteiger partial charge is 0.272 e. The van der Waals surface area contributed by atoms with Crippen LogP contribution < -0.4 is 0 Å². The summed E-state index contributed by atoms with van der Waals surface area (Å²) in [4.78, 5) is 0. The van der Waals surface area contributed by atoms with E-state index < -0.39 is 11.8 Å². The molecular weight excluding hydrogens is 150 g/mol. The van der Waals surface area contributed by atoms with Gasteiger partial charge >= 0.3 is 0 Å². The summed E-state index contributed by atoms with van der Waals surface area (Å²) >= 11 is 0. The summed E-state index contributed by atoms with van der Waals surface area (Å²) in [7, 11) is 1.68. The van der Waals surface area contributed by atoms with Gasteiger partial charge in [-0.2, -0.15) is 5.10 Å². The van der Waals surface area contributed by atoms with Crippen molar-refractivity contribution in [3.8, 4) is 0 Å². The van der Waals surface area contributed by atoms with Crippen molar-refractivity contribution in [3.63, 3.8) is 0 Å². The Labute approximate surface area is 62.8 Å². The van der Waals surface area contributed by atoms with Crippen LogP contribution in [0.5, 0.6) is 0 Å². The Balaban J connectivity index is 2.27. The molecule has 2 rings (SSSR count). The van der Waals surface area contributed by atoms with Crippen molar-refractivity contribution in [3.05, 3.63) is 18.0 Å². The first-order chi connectivity index (χ1) is 5.11. The molecule has 0 saturated heterocycles. The van der Waals surface area contributed by atoms with E-state index >= 15 is 0 Å². The molecule has 1 aromatic rings. The van der Waals surface area contributed by atoms with Gasteiger partial charge in [0, 0.05) is 25.4 Å². The molecule has 0 amide bonds. The summed E-state index contributed by atoms with van der Waals surface area (Å²) < 4.78 is 26.5. The van der Waals surface area contributed by atoms with Crippen LogP contribution in [0.3, 0.4) is 0 Å². The van der Waals surface area contributed by atoms with Crippen LogP contribution in [0.25, 0.3) is 0 Å². The van der Waals surface area contributed by atoms with Crippen molar-refractivity contribution in [2.45, 2.75) is 18.3 Å². The zero-order chi connectivity index (χ0) is 8.06. The van der Waals surface area contributed by atoms with Gasteiger partial charge in [-0.1, -0.05) is 0 Å². The van der Waals surface area contributed by atoms with Crippen molar-refractivity contribution >= 4 is 0 Å². The third kappa shape index (κ3) is 0.931. The second kappa shape index (κ2) is 1.81. The summed E-state index contributed by atoms with van der Waals surface area (Å²) in [5.41, 5.74) is 0.634. The van der Waals surface area contributed by atoms with Gasteiger partial charge in [-0.15, -0.1) is 0 Å². The highest BCUT2D eigenvalue weighted by Crippen LogP contribution is 2.55. The summed E-state index contributed by atoms with van der Waals surface area (Å²) in [5, 5.41) is 3.83. The maximum Gasteiger partial charge on any atom is 0.257 e. The van der Waals surface area contributed by atoms with Gasteiger partial charge in [-0.3, -0.25) is 4.68 Å². The molecule has 0 N–H and O–H groups in total. The van der Waals surface area contributed by atoms with E-state index in [9.17, 15) is 8.78 Å². The maximum absolute atomic E-state index is 12.5. The van der Waals surface area contributed by atoms with Gasteiger partial charge in [0.15, 0.2) is 0 Å². The highest BCUT2D eigenvalue weighted by molar-refractivity contribution is 5.21. The SMILES string of the molecule is Cn1nccc1[C@H]1CC1(F)F. The Morgan fingerprint density at radius 1 is 1.73 bits per heavy atom. The third-order valence-corrected chi connectivity index (χ3v) is 2.04. The lowest BCUT2D eigenvalue weighted by atomic mass is 10.3. The Kier molecular flexibility index (Phi) is 1.11.